The van der Waals surface area contributed by atoms with Gasteiger partial charge in [-0.1, -0.05) is 129 Å². The van der Waals surface area contributed by atoms with Crippen molar-refractivity contribution in [2.75, 3.05) is 6.54 Å². The molecule has 0 heterocycles. The Bertz CT molecular complexity index is 433. The van der Waals surface area contributed by atoms with Crippen LogP contribution in [0.4, 0.5) is 0 Å². The lowest BCUT2D eigenvalue weighted by Crippen LogP contribution is -2.29. The molecule has 0 unspecified atom stereocenters. The number of unbranched alkanes of at least 4 members (excludes halogenated alkanes) is 19. The largest absolute Gasteiger partial charge is 0.481 e. The zero-order chi connectivity index (χ0) is 25.7. The first-order valence-corrected chi connectivity index (χ1v) is 14.4. The van der Waals surface area contributed by atoms with E-state index < -0.39 is 18.0 Å². The van der Waals surface area contributed by atoms with Crippen LogP contribution < -0.4 is 11.5 Å². The maximum atomic E-state index is 10.4. The third kappa shape index (κ3) is 33.0. The van der Waals surface area contributed by atoms with Gasteiger partial charge >= 0.3 is 11.9 Å². The lowest BCUT2D eigenvalue weighted by atomic mass is 10.0. The number of carbonyl (C=O) groups is 2. The van der Waals surface area contributed by atoms with Crippen LogP contribution in [0.3, 0.4) is 0 Å². The highest BCUT2D eigenvalue weighted by molar-refractivity contribution is 5.72. The third-order valence-corrected chi connectivity index (χ3v) is 6.28. The quantitative estimate of drug-likeness (QED) is 0.0994. The van der Waals surface area contributed by atoms with Crippen LogP contribution in [0, 0.1) is 0 Å². The SMILES string of the molecule is CCCCCCCCCCCCCCCCCCCCCC(=O)O.NCCCC[C@H](N)C(=O)O. The van der Waals surface area contributed by atoms with Crippen molar-refractivity contribution in [3.63, 3.8) is 0 Å². The van der Waals surface area contributed by atoms with Crippen LogP contribution in [0.25, 0.3) is 0 Å². The maximum absolute atomic E-state index is 10.4. The minimum atomic E-state index is -0.933. The van der Waals surface area contributed by atoms with Crippen molar-refractivity contribution in [2.45, 2.75) is 161 Å². The summed E-state index contributed by atoms with van der Waals surface area (Å²) in [4.78, 5) is 20.5. The molecule has 1 atom stereocenters. The second-order valence-corrected chi connectivity index (χ2v) is 9.74. The van der Waals surface area contributed by atoms with Gasteiger partial charge in [0.15, 0.2) is 0 Å². The summed E-state index contributed by atoms with van der Waals surface area (Å²) in [6.07, 6.45) is 28.3. The molecule has 0 aromatic rings. The average molecular weight is 487 g/mol. The Labute approximate surface area is 210 Å². The first kappa shape index (κ1) is 35.0. The third-order valence-electron chi connectivity index (χ3n) is 6.28. The predicted octanol–water partition coefficient (Wildman–Crippen LogP) is 7.42. The van der Waals surface area contributed by atoms with E-state index in [4.69, 9.17) is 21.7 Å². The Morgan fingerprint density at radius 3 is 1.24 bits per heavy atom. The molecule has 0 amide bonds. The molecule has 0 aliphatic carbocycles. The summed E-state index contributed by atoms with van der Waals surface area (Å²) in [5.74, 6) is -1.58. The molecular weight excluding hydrogens is 428 g/mol. The molecule has 6 N–H and O–H groups in total. The van der Waals surface area contributed by atoms with Crippen molar-refractivity contribution < 1.29 is 19.8 Å². The fourth-order valence-corrected chi connectivity index (χ4v) is 3.99. The second kappa shape index (κ2) is 29.9. The van der Waals surface area contributed by atoms with E-state index in [2.05, 4.69) is 6.92 Å². The number of aliphatic carboxylic acids is 2. The van der Waals surface area contributed by atoms with Crippen molar-refractivity contribution in [3.05, 3.63) is 0 Å². The Kier molecular flexibility index (Phi) is 30.8. The van der Waals surface area contributed by atoms with Crippen molar-refractivity contribution in [3.8, 4) is 0 Å². The molecule has 0 aromatic heterocycles. The van der Waals surface area contributed by atoms with Crippen LogP contribution in [0.15, 0.2) is 0 Å². The van der Waals surface area contributed by atoms with E-state index in [1.807, 2.05) is 0 Å². The van der Waals surface area contributed by atoms with Gasteiger partial charge in [-0.2, -0.15) is 0 Å². The normalized spacial score (nSPS) is 11.6. The zero-order valence-corrected chi connectivity index (χ0v) is 22.4. The van der Waals surface area contributed by atoms with Crippen molar-refractivity contribution in [2.24, 2.45) is 11.5 Å². The van der Waals surface area contributed by atoms with Crippen molar-refractivity contribution >= 4 is 11.9 Å². The van der Waals surface area contributed by atoms with E-state index in [9.17, 15) is 9.59 Å². The molecule has 204 valence electrons. The molecule has 0 aromatic carbocycles. The zero-order valence-electron chi connectivity index (χ0n) is 22.4. The summed E-state index contributed by atoms with van der Waals surface area (Å²) >= 11 is 0. The Morgan fingerprint density at radius 2 is 0.941 bits per heavy atom. The Balaban J connectivity index is 0. The maximum Gasteiger partial charge on any atom is 0.320 e. The van der Waals surface area contributed by atoms with Crippen LogP contribution in [0.5, 0.6) is 0 Å². The minimum absolute atomic E-state index is 0.346. The van der Waals surface area contributed by atoms with Gasteiger partial charge in [-0.3, -0.25) is 9.59 Å². The lowest BCUT2D eigenvalue weighted by molar-refractivity contribution is -0.139. The Hall–Kier alpha value is -1.14. The molecule has 0 fully saturated rings. The first-order chi connectivity index (χ1) is 16.5. The fourth-order valence-electron chi connectivity index (χ4n) is 3.99. The van der Waals surface area contributed by atoms with Gasteiger partial charge in [0.2, 0.25) is 0 Å². The van der Waals surface area contributed by atoms with Crippen LogP contribution in [0.2, 0.25) is 0 Å². The molecule has 0 saturated carbocycles. The number of hydrogen-bond donors (Lipinski definition) is 4. The van der Waals surface area contributed by atoms with Gasteiger partial charge in [-0.05, 0) is 25.8 Å². The summed E-state index contributed by atoms with van der Waals surface area (Å²) in [5, 5.41) is 16.9. The van der Waals surface area contributed by atoms with E-state index in [-0.39, 0.29) is 0 Å². The highest BCUT2D eigenvalue weighted by atomic mass is 16.4. The molecule has 6 heteroatoms. The number of carboxylic acids is 2. The summed E-state index contributed by atoms with van der Waals surface area (Å²) in [6, 6.07) is -0.716. The van der Waals surface area contributed by atoms with E-state index in [0.717, 1.165) is 25.7 Å². The highest BCUT2D eigenvalue weighted by Gasteiger charge is 2.09. The standard InChI is InChI=1S/C22H44O2.C6H14N2O2/c1-2-3-4-5-6-7-8-9-10-11-12-13-14-15-16-17-18-19-20-21-22(23)24;7-4-2-1-3-5(8)6(9)10/h2-21H2,1H3,(H,23,24);5H,1-4,7-8H2,(H,9,10)/t;5-/m.0/s1. The number of rotatable bonds is 25. The fraction of sp³-hybridized carbons (Fsp3) is 0.929. The average Bonchev–Trinajstić information content (AvgIpc) is 2.81. The monoisotopic (exact) mass is 486 g/mol. The van der Waals surface area contributed by atoms with Crippen LogP contribution in [-0.4, -0.2) is 34.7 Å². The topological polar surface area (TPSA) is 127 Å². The van der Waals surface area contributed by atoms with Gasteiger partial charge in [0.05, 0.1) is 0 Å². The van der Waals surface area contributed by atoms with Gasteiger partial charge in [-0.15, -0.1) is 0 Å². The summed E-state index contributed by atoms with van der Waals surface area (Å²) in [5.41, 5.74) is 10.4. The van der Waals surface area contributed by atoms with E-state index in [0.29, 0.717) is 19.4 Å². The molecule has 0 bridgehead atoms. The van der Waals surface area contributed by atoms with E-state index in [1.165, 1.54) is 109 Å². The van der Waals surface area contributed by atoms with Gasteiger partial charge in [0, 0.05) is 6.42 Å². The van der Waals surface area contributed by atoms with Crippen molar-refractivity contribution in [1.82, 2.24) is 0 Å². The van der Waals surface area contributed by atoms with E-state index in [1.54, 1.807) is 0 Å². The minimum Gasteiger partial charge on any atom is -0.481 e. The van der Waals surface area contributed by atoms with Crippen molar-refractivity contribution in [1.29, 1.82) is 0 Å². The molecular formula is C28H58N2O4. The van der Waals surface area contributed by atoms with Crippen LogP contribution in [-0.2, 0) is 9.59 Å². The van der Waals surface area contributed by atoms with Gasteiger partial charge in [0.25, 0.3) is 0 Å². The number of carboxylic acid groups (broad SMARTS) is 2. The van der Waals surface area contributed by atoms with Crippen LogP contribution >= 0.6 is 0 Å². The molecule has 0 aliphatic heterocycles. The van der Waals surface area contributed by atoms with Gasteiger partial charge in [0.1, 0.15) is 6.04 Å². The number of nitrogens with two attached hydrogens (primary N) is 2. The first-order valence-electron chi connectivity index (χ1n) is 14.4. The molecule has 34 heavy (non-hydrogen) atoms. The molecule has 0 spiro atoms. The molecule has 0 saturated heterocycles. The summed E-state index contributed by atoms with van der Waals surface area (Å²) in [6.45, 7) is 2.89. The number of hydrogen-bond acceptors (Lipinski definition) is 4. The van der Waals surface area contributed by atoms with Gasteiger partial charge in [-0.25, -0.2) is 0 Å². The summed E-state index contributed by atoms with van der Waals surface area (Å²) < 4.78 is 0. The van der Waals surface area contributed by atoms with Gasteiger partial charge < -0.3 is 21.7 Å². The molecule has 0 rings (SSSR count). The molecule has 6 nitrogen and oxygen atoms in total. The smallest absolute Gasteiger partial charge is 0.320 e. The lowest BCUT2D eigenvalue weighted by Gasteiger charge is -2.03. The summed E-state index contributed by atoms with van der Waals surface area (Å²) in [7, 11) is 0. The second-order valence-electron chi connectivity index (χ2n) is 9.74. The molecule has 0 radical (unpaired) electrons. The van der Waals surface area contributed by atoms with E-state index >= 15 is 0 Å². The molecule has 0 aliphatic rings. The Morgan fingerprint density at radius 1 is 0.588 bits per heavy atom. The predicted molar refractivity (Wildman–Crippen MR) is 144 cm³/mol. The highest BCUT2D eigenvalue weighted by Crippen LogP contribution is 2.14. The van der Waals surface area contributed by atoms with Crippen LogP contribution in [0.1, 0.15) is 155 Å².